The fraction of sp³-hybridized carbons (Fsp3) is 0.750. The summed E-state index contributed by atoms with van der Waals surface area (Å²) in [6, 6.07) is 0. The zero-order valence-corrected chi connectivity index (χ0v) is 9.56. The Morgan fingerprint density at radius 2 is 1.94 bits per heavy atom. The van der Waals surface area contributed by atoms with Gasteiger partial charge in [0.25, 0.3) is 0 Å². The van der Waals surface area contributed by atoms with Crippen LogP contribution < -0.4 is 0 Å². The summed E-state index contributed by atoms with van der Waals surface area (Å²) in [6.07, 6.45) is 1.67. The van der Waals surface area contributed by atoms with E-state index in [9.17, 15) is 4.79 Å². The van der Waals surface area contributed by atoms with Gasteiger partial charge in [-0.2, -0.15) is 0 Å². The average Bonchev–Trinajstić information content (AvgIpc) is 2.63. The highest BCUT2D eigenvalue weighted by molar-refractivity contribution is 5.91. The van der Waals surface area contributed by atoms with Crippen LogP contribution >= 0.6 is 0 Å². The second kappa shape index (κ2) is 3.08. The van der Waals surface area contributed by atoms with Crippen molar-refractivity contribution in [2.45, 2.75) is 50.8 Å². The van der Waals surface area contributed by atoms with Crippen LogP contribution in [-0.2, 0) is 19.0 Å². The van der Waals surface area contributed by atoms with Gasteiger partial charge in [-0.25, -0.2) is 4.79 Å². The van der Waals surface area contributed by atoms with Crippen LogP contribution in [-0.4, -0.2) is 30.1 Å². The molecular weight excluding hydrogens is 208 g/mol. The molecule has 4 nitrogen and oxygen atoms in total. The van der Waals surface area contributed by atoms with Crippen LogP contribution in [0.25, 0.3) is 0 Å². The molecule has 0 amide bonds. The summed E-state index contributed by atoms with van der Waals surface area (Å²) in [7, 11) is 0. The minimum Gasteiger partial charge on any atom is -0.458 e. The maximum absolute atomic E-state index is 11.5. The number of carbonyl (C=O) groups is 1. The molecule has 0 unspecified atom stereocenters. The molecule has 0 N–H and O–H groups in total. The van der Waals surface area contributed by atoms with Crippen LogP contribution in [0.3, 0.4) is 0 Å². The molecule has 4 heteroatoms. The molecule has 16 heavy (non-hydrogen) atoms. The SMILES string of the molecule is C=C1C(=O)O[C@@H]2CC[C@@H]3OC(C)(C)O[C@H]3[C@@H]12. The summed E-state index contributed by atoms with van der Waals surface area (Å²) in [5.74, 6) is -0.854. The smallest absolute Gasteiger partial charge is 0.334 e. The van der Waals surface area contributed by atoms with Gasteiger partial charge in [-0.1, -0.05) is 6.58 Å². The Balaban J connectivity index is 1.90. The van der Waals surface area contributed by atoms with Crippen molar-refractivity contribution in [2.24, 2.45) is 5.92 Å². The van der Waals surface area contributed by atoms with Crippen molar-refractivity contribution in [3.8, 4) is 0 Å². The highest BCUT2D eigenvalue weighted by atomic mass is 16.8. The van der Waals surface area contributed by atoms with Crippen molar-refractivity contribution in [1.29, 1.82) is 0 Å². The van der Waals surface area contributed by atoms with Gasteiger partial charge in [-0.3, -0.25) is 0 Å². The minimum absolute atomic E-state index is 0.0203. The van der Waals surface area contributed by atoms with Gasteiger partial charge in [0, 0.05) is 5.57 Å². The molecule has 0 bridgehead atoms. The Labute approximate surface area is 94.5 Å². The molecule has 2 saturated heterocycles. The molecule has 0 aromatic carbocycles. The van der Waals surface area contributed by atoms with E-state index in [0.717, 1.165) is 12.8 Å². The van der Waals surface area contributed by atoms with Crippen molar-refractivity contribution >= 4 is 5.97 Å². The van der Waals surface area contributed by atoms with Crippen molar-refractivity contribution in [3.63, 3.8) is 0 Å². The normalized spacial score (nSPS) is 45.1. The van der Waals surface area contributed by atoms with E-state index in [4.69, 9.17) is 14.2 Å². The Kier molecular flexibility index (Phi) is 1.98. The molecule has 3 aliphatic rings. The first-order valence-corrected chi connectivity index (χ1v) is 5.73. The van der Waals surface area contributed by atoms with Gasteiger partial charge in [-0.15, -0.1) is 0 Å². The van der Waals surface area contributed by atoms with Gasteiger partial charge < -0.3 is 14.2 Å². The zero-order valence-electron chi connectivity index (χ0n) is 9.56. The topological polar surface area (TPSA) is 44.8 Å². The van der Waals surface area contributed by atoms with Crippen LogP contribution in [0.15, 0.2) is 12.2 Å². The van der Waals surface area contributed by atoms with E-state index in [1.165, 1.54) is 0 Å². The van der Waals surface area contributed by atoms with Crippen molar-refractivity contribution < 1.29 is 19.0 Å². The molecule has 0 aromatic heterocycles. The maximum atomic E-state index is 11.5. The maximum Gasteiger partial charge on any atom is 0.334 e. The number of ether oxygens (including phenoxy) is 3. The lowest BCUT2D eigenvalue weighted by Gasteiger charge is -2.31. The van der Waals surface area contributed by atoms with Gasteiger partial charge in [-0.05, 0) is 26.7 Å². The average molecular weight is 224 g/mol. The van der Waals surface area contributed by atoms with E-state index < -0.39 is 5.79 Å². The quantitative estimate of drug-likeness (QED) is 0.461. The number of fused-ring (bicyclic) bond motifs is 3. The first-order valence-electron chi connectivity index (χ1n) is 5.73. The Morgan fingerprint density at radius 3 is 2.69 bits per heavy atom. The summed E-state index contributed by atoms with van der Waals surface area (Å²) in [4.78, 5) is 11.5. The highest BCUT2D eigenvalue weighted by Gasteiger charge is 2.55. The standard InChI is InChI=1S/C12H16O4/c1-6-9-7(14-11(6)13)4-5-8-10(9)16-12(2,3)15-8/h7-10H,1,4-5H2,2-3H3/t7-,8+,9+,10-/m1/s1. The lowest BCUT2D eigenvalue weighted by molar-refractivity contribution is -0.148. The zero-order chi connectivity index (χ0) is 11.5. The molecule has 0 radical (unpaired) electrons. The first kappa shape index (κ1) is 10.3. The van der Waals surface area contributed by atoms with Gasteiger partial charge in [0.2, 0.25) is 0 Å². The van der Waals surface area contributed by atoms with Gasteiger partial charge in [0.15, 0.2) is 5.79 Å². The van der Waals surface area contributed by atoms with E-state index in [0.29, 0.717) is 5.57 Å². The molecular formula is C12H16O4. The summed E-state index contributed by atoms with van der Waals surface area (Å²) in [5.41, 5.74) is 0.543. The van der Waals surface area contributed by atoms with Crippen molar-refractivity contribution in [1.82, 2.24) is 0 Å². The monoisotopic (exact) mass is 224 g/mol. The van der Waals surface area contributed by atoms with Crippen molar-refractivity contribution in [2.75, 3.05) is 0 Å². The van der Waals surface area contributed by atoms with Crippen LogP contribution in [0.1, 0.15) is 26.7 Å². The van der Waals surface area contributed by atoms with E-state index >= 15 is 0 Å². The summed E-state index contributed by atoms with van der Waals surface area (Å²) < 4.78 is 17.0. The van der Waals surface area contributed by atoms with Gasteiger partial charge >= 0.3 is 5.97 Å². The first-order chi connectivity index (χ1) is 7.48. The van der Waals surface area contributed by atoms with Crippen LogP contribution in [0, 0.1) is 5.92 Å². The summed E-state index contributed by atoms with van der Waals surface area (Å²) in [5, 5.41) is 0. The molecule has 3 rings (SSSR count). The van der Waals surface area contributed by atoms with Crippen LogP contribution in [0.4, 0.5) is 0 Å². The van der Waals surface area contributed by atoms with Crippen LogP contribution in [0.5, 0.6) is 0 Å². The molecule has 2 aliphatic heterocycles. The van der Waals surface area contributed by atoms with Crippen LogP contribution in [0.2, 0.25) is 0 Å². The van der Waals surface area contributed by atoms with E-state index in [2.05, 4.69) is 6.58 Å². The third-order valence-corrected chi connectivity index (χ3v) is 3.63. The number of hydrogen-bond acceptors (Lipinski definition) is 4. The Hall–Kier alpha value is -0.870. The lowest BCUT2D eigenvalue weighted by atomic mass is 9.80. The fourth-order valence-corrected chi connectivity index (χ4v) is 3.01. The fourth-order valence-electron chi connectivity index (χ4n) is 3.01. The summed E-state index contributed by atoms with van der Waals surface area (Å²) in [6.45, 7) is 7.62. The molecule has 1 aliphatic carbocycles. The molecule has 88 valence electrons. The molecule has 2 heterocycles. The second-order valence-electron chi connectivity index (χ2n) is 5.21. The van der Waals surface area contributed by atoms with Gasteiger partial charge in [0.1, 0.15) is 6.10 Å². The second-order valence-corrected chi connectivity index (χ2v) is 5.21. The largest absolute Gasteiger partial charge is 0.458 e. The van der Waals surface area contributed by atoms with E-state index in [-0.39, 0.29) is 30.2 Å². The minimum atomic E-state index is -0.559. The third-order valence-electron chi connectivity index (χ3n) is 3.63. The van der Waals surface area contributed by atoms with E-state index in [1.807, 2.05) is 13.8 Å². The molecule has 1 saturated carbocycles. The highest BCUT2D eigenvalue weighted by Crippen LogP contribution is 2.46. The predicted octanol–water partition coefficient (Wildman–Crippen LogP) is 1.40. The van der Waals surface area contributed by atoms with Crippen molar-refractivity contribution in [3.05, 3.63) is 12.2 Å². The third kappa shape index (κ3) is 1.33. The Morgan fingerprint density at radius 1 is 1.25 bits per heavy atom. The molecule has 0 spiro atoms. The number of esters is 1. The predicted molar refractivity (Wildman–Crippen MR) is 55.6 cm³/mol. The van der Waals surface area contributed by atoms with E-state index in [1.54, 1.807) is 0 Å². The number of hydrogen-bond donors (Lipinski definition) is 0. The van der Waals surface area contributed by atoms with Gasteiger partial charge in [0.05, 0.1) is 18.1 Å². The molecule has 3 fully saturated rings. The number of carbonyl (C=O) groups excluding carboxylic acids is 1. The molecule has 4 atom stereocenters. The number of rotatable bonds is 0. The lowest BCUT2D eigenvalue weighted by Crippen LogP contribution is -2.41. The Bertz CT molecular complexity index is 360. The summed E-state index contributed by atoms with van der Waals surface area (Å²) >= 11 is 0. The molecule has 0 aromatic rings.